The lowest BCUT2D eigenvalue weighted by Gasteiger charge is -2.29. The highest BCUT2D eigenvalue weighted by molar-refractivity contribution is 6.35. The molecule has 3 aromatic rings. The van der Waals surface area contributed by atoms with E-state index >= 15 is 0 Å². The van der Waals surface area contributed by atoms with Crippen LogP contribution in [0.5, 0.6) is 11.5 Å². The summed E-state index contributed by atoms with van der Waals surface area (Å²) in [4.78, 5) is 40.0. The summed E-state index contributed by atoms with van der Waals surface area (Å²) in [7, 11) is 0. The van der Waals surface area contributed by atoms with E-state index in [1.165, 1.54) is 4.90 Å². The Labute approximate surface area is 219 Å². The van der Waals surface area contributed by atoms with Crippen LogP contribution < -0.4 is 9.64 Å². The first kappa shape index (κ1) is 23.3. The van der Waals surface area contributed by atoms with Crippen molar-refractivity contribution in [1.82, 2.24) is 0 Å². The number of fused-ring (bicyclic) bond motifs is 5. The highest BCUT2D eigenvalue weighted by Crippen LogP contribution is 2.62. The molecule has 1 saturated heterocycles. The minimum absolute atomic E-state index is 0.0365. The van der Waals surface area contributed by atoms with Gasteiger partial charge in [-0.2, -0.15) is 0 Å². The number of ketones is 1. The topological polar surface area (TPSA) is 63.7 Å². The van der Waals surface area contributed by atoms with Gasteiger partial charge in [0.25, 0.3) is 0 Å². The van der Waals surface area contributed by atoms with Crippen LogP contribution >= 0.6 is 23.2 Å². The van der Waals surface area contributed by atoms with Gasteiger partial charge < -0.3 is 4.74 Å². The molecule has 2 saturated carbocycles. The normalized spacial score (nSPS) is 26.4. The third-order valence-corrected chi connectivity index (χ3v) is 8.51. The summed E-state index contributed by atoms with van der Waals surface area (Å²) in [6.07, 6.45) is 1.79. The predicted octanol–water partition coefficient (Wildman–Crippen LogP) is 6.92. The number of carbonyl (C=O) groups excluding carboxylic acids is 3. The molecule has 2 bridgehead atoms. The molecule has 2 aliphatic carbocycles. The second-order valence-electron chi connectivity index (χ2n) is 9.91. The Balaban J connectivity index is 1.21. The molecule has 182 valence electrons. The highest BCUT2D eigenvalue weighted by Gasteiger charge is 2.64. The maximum absolute atomic E-state index is 13.6. The summed E-state index contributed by atoms with van der Waals surface area (Å²) < 4.78 is 5.84. The van der Waals surface area contributed by atoms with Gasteiger partial charge in [0.2, 0.25) is 11.8 Å². The van der Waals surface area contributed by atoms with E-state index < -0.39 is 0 Å². The molecule has 0 aromatic heterocycles. The number of hydrogen-bond donors (Lipinski definition) is 0. The third-order valence-electron chi connectivity index (χ3n) is 7.98. The van der Waals surface area contributed by atoms with Crippen LogP contribution in [0, 0.1) is 23.7 Å². The first-order valence-corrected chi connectivity index (χ1v) is 12.8. The Morgan fingerprint density at radius 1 is 0.889 bits per heavy atom. The van der Waals surface area contributed by atoms with Gasteiger partial charge in [0.1, 0.15) is 11.5 Å². The lowest BCUT2D eigenvalue weighted by Crippen LogP contribution is -2.32. The van der Waals surface area contributed by atoms with Crippen LogP contribution in [0.15, 0.2) is 66.7 Å². The zero-order chi connectivity index (χ0) is 25.1. The molecule has 36 heavy (non-hydrogen) atoms. The van der Waals surface area contributed by atoms with Crippen molar-refractivity contribution in [1.29, 1.82) is 0 Å². The Bertz CT molecular complexity index is 1390. The van der Waals surface area contributed by atoms with Crippen molar-refractivity contribution in [3.05, 3.63) is 87.9 Å². The van der Waals surface area contributed by atoms with Crippen LogP contribution in [-0.4, -0.2) is 17.6 Å². The average Bonchev–Trinajstić information content (AvgIpc) is 3.53. The van der Waals surface area contributed by atoms with E-state index in [1.54, 1.807) is 49.4 Å². The van der Waals surface area contributed by atoms with E-state index in [9.17, 15) is 14.4 Å². The SMILES string of the molecule is CC(=O)c1ccc([C@@H]2C[C@H]3C[C@H]2[C@@H]2C(=O)N(c4ccc(Oc5ccc(Cl)cc5Cl)cc4)C(=O)[C@@H]32)cc1. The van der Waals surface area contributed by atoms with Gasteiger partial charge >= 0.3 is 0 Å². The first-order chi connectivity index (χ1) is 17.3. The fourth-order valence-electron chi connectivity index (χ4n) is 6.41. The Hall–Kier alpha value is -3.15. The molecule has 0 radical (unpaired) electrons. The second kappa shape index (κ2) is 8.75. The van der Waals surface area contributed by atoms with Gasteiger partial charge in [-0.05, 0) is 85.5 Å². The van der Waals surface area contributed by atoms with Gasteiger partial charge in [-0.1, -0.05) is 47.5 Å². The molecule has 1 aliphatic heterocycles. The van der Waals surface area contributed by atoms with Crippen molar-refractivity contribution in [3.8, 4) is 11.5 Å². The highest BCUT2D eigenvalue weighted by atomic mass is 35.5. The standard InChI is InChI=1S/C29H23Cl2NO4/c1-15(33)16-2-4-17(5-3-16)22-12-18-13-23(22)27-26(18)28(34)32(29(27)35)20-7-9-21(10-8-20)36-25-11-6-19(30)14-24(25)31/h2-11,14,18,22-23,26-27H,12-13H2,1H3/t18-,22-,23+,26-,27-/m0/s1. The van der Waals surface area contributed by atoms with Gasteiger partial charge in [0.05, 0.1) is 22.5 Å². The molecule has 0 unspecified atom stereocenters. The summed E-state index contributed by atoms with van der Waals surface area (Å²) in [5.41, 5.74) is 2.38. The summed E-state index contributed by atoms with van der Waals surface area (Å²) in [6, 6.07) is 19.6. The van der Waals surface area contributed by atoms with E-state index in [-0.39, 0.29) is 47.2 Å². The Kier molecular flexibility index (Phi) is 5.66. The zero-order valence-electron chi connectivity index (χ0n) is 19.5. The largest absolute Gasteiger partial charge is 0.456 e. The second-order valence-corrected chi connectivity index (χ2v) is 10.8. The number of nitrogens with zero attached hydrogens (tertiary/aromatic N) is 1. The molecule has 3 aliphatic rings. The summed E-state index contributed by atoms with van der Waals surface area (Å²) in [5, 5.41) is 0.911. The number of anilines is 1. The van der Waals surface area contributed by atoms with Crippen molar-refractivity contribution in [2.45, 2.75) is 25.7 Å². The number of carbonyl (C=O) groups is 3. The molecular formula is C29H23Cl2NO4. The van der Waals surface area contributed by atoms with Gasteiger partial charge in [0, 0.05) is 10.6 Å². The van der Waals surface area contributed by atoms with Crippen molar-refractivity contribution in [2.24, 2.45) is 23.7 Å². The van der Waals surface area contributed by atoms with Crippen molar-refractivity contribution >= 4 is 46.5 Å². The molecule has 1 heterocycles. The van der Waals surface area contributed by atoms with E-state index in [2.05, 4.69) is 0 Å². The van der Waals surface area contributed by atoms with Gasteiger partial charge in [-0.15, -0.1) is 0 Å². The molecule has 3 fully saturated rings. The number of benzene rings is 3. The van der Waals surface area contributed by atoms with Crippen LogP contribution in [0.4, 0.5) is 5.69 Å². The van der Waals surface area contributed by atoms with E-state index in [0.29, 0.717) is 32.8 Å². The number of hydrogen-bond acceptors (Lipinski definition) is 4. The number of amides is 2. The summed E-state index contributed by atoms with van der Waals surface area (Å²) in [6.45, 7) is 1.56. The molecule has 7 heteroatoms. The predicted molar refractivity (Wildman–Crippen MR) is 138 cm³/mol. The van der Waals surface area contributed by atoms with Crippen LogP contribution in [-0.2, 0) is 9.59 Å². The summed E-state index contributed by atoms with van der Waals surface area (Å²) in [5.74, 6) is 0.856. The average molecular weight is 520 g/mol. The zero-order valence-corrected chi connectivity index (χ0v) is 21.0. The molecule has 5 nitrogen and oxygen atoms in total. The van der Waals surface area contributed by atoms with Crippen molar-refractivity contribution in [2.75, 3.05) is 4.90 Å². The summed E-state index contributed by atoms with van der Waals surface area (Å²) >= 11 is 12.1. The van der Waals surface area contributed by atoms with Crippen molar-refractivity contribution in [3.63, 3.8) is 0 Å². The number of imide groups is 1. The molecule has 0 spiro atoms. The molecule has 5 atom stereocenters. The van der Waals surface area contributed by atoms with Crippen LogP contribution in [0.25, 0.3) is 0 Å². The number of rotatable bonds is 5. The fraction of sp³-hybridized carbons (Fsp3) is 0.276. The van der Waals surface area contributed by atoms with E-state index in [0.717, 1.165) is 18.4 Å². The maximum Gasteiger partial charge on any atom is 0.237 e. The van der Waals surface area contributed by atoms with E-state index in [1.807, 2.05) is 24.3 Å². The fourth-order valence-corrected chi connectivity index (χ4v) is 6.86. The first-order valence-electron chi connectivity index (χ1n) is 12.0. The molecule has 6 rings (SSSR count). The van der Waals surface area contributed by atoms with Crippen LogP contribution in [0.3, 0.4) is 0 Å². The van der Waals surface area contributed by atoms with Gasteiger partial charge in [-0.3, -0.25) is 19.3 Å². The molecule has 0 N–H and O–H groups in total. The number of halogens is 2. The van der Waals surface area contributed by atoms with Crippen LogP contribution in [0.1, 0.15) is 41.6 Å². The monoisotopic (exact) mass is 519 g/mol. The quantitative estimate of drug-likeness (QED) is 0.271. The number of ether oxygens (including phenoxy) is 1. The minimum atomic E-state index is -0.294. The lowest BCUT2D eigenvalue weighted by molar-refractivity contribution is -0.123. The van der Waals surface area contributed by atoms with Gasteiger partial charge in [0.15, 0.2) is 5.78 Å². The molecule has 3 aromatic carbocycles. The van der Waals surface area contributed by atoms with E-state index in [4.69, 9.17) is 27.9 Å². The minimum Gasteiger partial charge on any atom is -0.456 e. The van der Waals surface area contributed by atoms with Crippen LogP contribution in [0.2, 0.25) is 10.0 Å². The smallest absolute Gasteiger partial charge is 0.237 e. The van der Waals surface area contributed by atoms with Gasteiger partial charge in [-0.25, -0.2) is 0 Å². The lowest BCUT2D eigenvalue weighted by atomic mass is 9.72. The number of Topliss-reactive ketones (excluding diaryl/α,β-unsaturated/α-hetero) is 1. The Morgan fingerprint density at radius 3 is 2.25 bits per heavy atom. The molecular weight excluding hydrogens is 497 g/mol. The van der Waals surface area contributed by atoms with Crippen molar-refractivity contribution < 1.29 is 19.1 Å². The maximum atomic E-state index is 13.6. The molecule has 2 amide bonds. The third kappa shape index (κ3) is 3.73. The Morgan fingerprint density at radius 2 is 1.58 bits per heavy atom.